The van der Waals surface area contributed by atoms with E-state index < -0.39 is 16.1 Å². The van der Waals surface area contributed by atoms with E-state index in [1.165, 1.54) is 37.7 Å². The Labute approximate surface area is 134 Å². The molecule has 0 aliphatic rings. The summed E-state index contributed by atoms with van der Waals surface area (Å²) in [5, 5.41) is 2.74. The lowest BCUT2D eigenvalue weighted by molar-refractivity contribution is 0.354. The molecule has 0 saturated carbocycles. The largest absolute Gasteiger partial charge is 0.493 e. The minimum atomic E-state index is -3.68. The highest BCUT2D eigenvalue weighted by atomic mass is 32.2. The number of nitrogens with one attached hydrogen (secondary N) is 1. The normalized spacial score (nSPS) is 12.9. The third-order valence-corrected chi connectivity index (χ3v) is 5.41. The van der Waals surface area contributed by atoms with Gasteiger partial charge in [-0.3, -0.25) is 0 Å². The van der Waals surface area contributed by atoms with Gasteiger partial charge in [0.2, 0.25) is 10.0 Å². The van der Waals surface area contributed by atoms with E-state index in [9.17, 15) is 8.42 Å². The van der Waals surface area contributed by atoms with E-state index in [0.717, 1.165) is 5.01 Å². The average molecular weight is 342 g/mol. The van der Waals surface area contributed by atoms with Crippen LogP contribution in [0.1, 0.15) is 23.7 Å². The van der Waals surface area contributed by atoms with Gasteiger partial charge in [0.1, 0.15) is 0 Å². The summed E-state index contributed by atoms with van der Waals surface area (Å²) in [6.07, 6.45) is 0. The number of hydrogen-bond donors (Lipinski definition) is 1. The van der Waals surface area contributed by atoms with Crippen LogP contribution < -0.4 is 14.2 Å². The van der Waals surface area contributed by atoms with Crippen LogP contribution in [0.15, 0.2) is 28.5 Å². The molecular formula is C14H18N2O4S2. The van der Waals surface area contributed by atoms with Gasteiger partial charge in [-0.05, 0) is 26.0 Å². The van der Waals surface area contributed by atoms with Crippen molar-refractivity contribution in [3.8, 4) is 11.5 Å². The fourth-order valence-electron chi connectivity index (χ4n) is 1.92. The Morgan fingerprint density at radius 3 is 2.45 bits per heavy atom. The maximum atomic E-state index is 12.5. The summed E-state index contributed by atoms with van der Waals surface area (Å²) in [5.41, 5.74) is 0.701. The Morgan fingerprint density at radius 2 is 1.91 bits per heavy atom. The Morgan fingerprint density at radius 1 is 1.23 bits per heavy atom. The number of ether oxygens (including phenoxy) is 2. The number of benzene rings is 1. The molecule has 0 amide bonds. The Hall–Kier alpha value is -1.64. The fraction of sp³-hybridized carbons (Fsp3) is 0.357. The maximum absolute atomic E-state index is 12.5. The molecule has 22 heavy (non-hydrogen) atoms. The predicted molar refractivity (Wildman–Crippen MR) is 85.1 cm³/mol. The molecule has 0 aliphatic heterocycles. The van der Waals surface area contributed by atoms with E-state index in [2.05, 4.69) is 9.71 Å². The van der Waals surface area contributed by atoms with Crippen LogP contribution in [0.25, 0.3) is 0 Å². The summed E-state index contributed by atoms with van der Waals surface area (Å²) < 4.78 is 37.8. The van der Waals surface area contributed by atoms with E-state index in [1.54, 1.807) is 13.0 Å². The Kier molecular flexibility index (Phi) is 5.05. The van der Waals surface area contributed by atoms with Gasteiger partial charge in [-0.2, -0.15) is 0 Å². The lowest BCUT2D eigenvalue weighted by atomic mass is 10.3. The van der Waals surface area contributed by atoms with Gasteiger partial charge in [0.05, 0.1) is 35.9 Å². The van der Waals surface area contributed by atoms with Crippen LogP contribution in [0.3, 0.4) is 0 Å². The van der Waals surface area contributed by atoms with Crippen LogP contribution in [-0.4, -0.2) is 27.6 Å². The van der Waals surface area contributed by atoms with Crippen molar-refractivity contribution in [2.75, 3.05) is 14.2 Å². The lowest BCUT2D eigenvalue weighted by Gasteiger charge is -2.14. The van der Waals surface area contributed by atoms with E-state index in [1.807, 2.05) is 12.3 Å². The third kappa shape index (κ3) is 3.57. The molecule has 0 spiro atoms. The topological polar surface area (TPSA) is 77.5 Å². The van der Waals surface area contributed by atoms with Crippen LogP contribution in [0.2, 0.25) is 0 Å². The van der Waals surface area contributed by atoms with Crippen molar-refractivity contribution in [3.63, 3.8) is 0 Å². The number of aryl methyl sites for hydroxylation is 1. The minimum Gasteiger partial charge on any atom is -0.493 e. The number of thiazole rings is 1. The molecule has 2 rings (SSSR count). The van der Waals surface area contributed by atoms with Crippen LogP contribution in [0.4, 0.5) is 0 Å². The van der Waals surface area contributed by atoms with Crippen molar-refractivity contribution >= 4 is 21.4 Å². The standard InChI is InChI=1S/C14H18N2O4S2/c1-9(12-8-21-10(2)15-12)16-22(17,18)11-5-6-13(19-3)14(7-11)20-4/h5-9,16H,1-4H3. The van der Waals surface area contributed by atoms with E-state index >= 15 is 0 Å². The van der Waals surface area contributed by atoms with Gasteiger partial charge in [-0.1, -0.05) is 0 Å². The lowest BCUT2D eigenvalue weighted by Crippen LogP contribution is -2.27. The molecule has 0 saturated heterocycles. The third-order valence-electron chi connectivity index (χ3n) is 3.08. The summed E-state index contributed by atoms with van der Waals surface area (Å²) in [4.78, 5) is 4.41. The van der Waals surface area contributed by atoms with Crippen LogP contribution in [0, 0.1) is 6.92 Å². The molecular weight excluding hydrogens is 324 g/mol. The van der Waals surface area contributed by atoms with Crippen molar-refractivity contribution in [3.05, 3.63) is 34.3 Å². The summed E-state index contributed by atoms with van der Waals surface area (Å²) in [6.45, 7) is 3.64. The second-order valence-electron chi connectivity index (χ2n) is 4.65. The molecule has 2 aromatic rings. The minimum absolute atomic E-state index is 0.115. The molecule has 6 nitrogen and oxygen atoms in total. The van der Waals surface area contributed by atoms with Crippen molar-refractivity contribution in [2.24, 2.45) is 0 Å². The molecule has 1 aromatic heterocycles. The highest BCUT2D eigenvalue weighted by Gasteiger charge is 2.21. The van der Waals surface area contributed by atoms with E-state index in [-0.39, 0.29) is 4.90 Å². The van der Waals surface area contributed by atoms with E-state index in [0.29, 0.717) is 17.2 Å². The molecule has 1 aromatic carbocycles. The smallest absolute Gasteiger partial charge is 0.241 e. The maximum Gasteiger partial charge on any atom is 0.241 e. The Balaban J connectivity index is 2.26. The van der Waals surface area contributed by atoms with Crippen molar-refractivity contribution in [1.29, 1.82) is 0 Å². The van der Waals surface area contributed by atoms with Crippen LogP contribution in [0.5, 0.6) is 11.5 Å². The van der Waals surface area contributed by atoms with Gasteiger partial charge in [0, 0.05) is 11.4 Å². The molecule has 1 N–H and O–H groups in total. The van der Waals surface area contributed by atoms with Gasteiger partial charge in [0.15, 0.2) is 11.5 Å². The number of sulfonamides is 1. The monoisotopic (exact) mass is 342 g/mol. The zero-order valence-corrected chi connectivity index (χ0v) is 14.4. The zero-order valence-electron chi connectivity index (χ0n) is 12.8. The molecule has 1 unspecified atom stereocenters. The SMILES string of the molecule is COc1ccc(S(=O)(=O)NC(C)c2csc(C)n2)cc1OC. The summed E-state index contributed by atoms with van der Waals surface area (Å²) >= 11 is 1.48. The Bertz CT molecular complexity index is 756. The molecule has 8 heteroatoms. The summed E-state index contributed by atoms with van der Waals surface area (Å²) in [5.74, 6) is 0.840. The first-order chi connectivity index (χ1) is 10.4. The highest BCUT2D eigenvalue weighted by molar-refractivity contribution is 7.89. The van der Waals surface area contributed by atoms with Gasteiger partial charge in [-0.15, -0.1) is 11.3 Å². The quantitative estimate of drug-likeness (QED) is 0.873. The van der Waals surface area contributed by atoms with Crippen LogP contribution in [-0.2, 0) is 10.0 Å². The van der Waals surface area contributed by atoms with Gasteiger partial charge in [-0.25, -0.2) is 18.1 Å². The molecule has 120 valence electrons. The fourth-order valence-corrected chi connectivity index (χ4v) is 3.86. The molecule has 0 fully saturated rings. The highest BCUT2D eigenvalue weighted by Crippen LogP contribution is 2.30. The van der Waals surface area contributed by atoms with E-state index in [4.69, 9.17) is 9.47 Å². The summed E-state index contributed by atoms with van der Waals surface area (Å²) in [6, 6.07) is 4.05. The average Bonchev–Trinajstić information content (AvgIpc) is 2.92. The van der Waals surface area contributed by atoms with Crippen molar-refractivity contribution in [2.45, 2.75) is 24.8 Å². The second-order valence-corrected chi connectivity index (χ2v) is 7.43. The first kappa shape index (κ1) is 16.7. The zero-order chi connectivity index (χ0) is 16.3. The first-order valence-corrected chi connectivity index (χ1v) is 8.90. The summed E-state index contributed by atoms with van der Waals surface area (Å²) in [7, 11) is -0.719. The molecule has 0 aliphatic carbocycles. The van der Waals surface area contributed by atoms with Gasteiger partial charge >= 0.3 is 0 Å². The molecule has 1 atom stereocenters. The van der Waals surface area contributed by atoms with Crippen molar-refractivity contribution in [1.82, 2.24) is 9.71 Å². The second kappa shape index (κ2) is 6.64. The van der Waals surface area contributed by atoms with Crippen LogP contribution >= 0.6 is 11.3 Å². The van der Waals surface area contributed by atoms with Crippen molar-refractivity contribution < 1.29 is 17.9 Å². The number of nitrogens with zero attached hydrogens (tertiary/aromatic N) is 1. The van der Waals surface area contributed by atoms with Gasteiger partial charge < -0.3 is 9.47 Å². The number of hydrogen-bond acceptors (Lipinski definition) is 6. The number of rotatable bonds is 6. The molecule has 0 bridgehead atoms. The predicted octanol–water partition coefficient (Wildman–Crippen LogP) is 2.51. The number of aromatic nitrogens is 1. The number of methoxy groups -OCH3 is 2. The molecule has 0 radical (unpaired) electrons. The van der Waals surface area contributed by atoms with Gasteiger partial charge in [0.25, 0.3) is 0 Å². The molecule has 1 heterocycles. The first-order valence-electron chi connectivity index (χ1n) is 6.53.